The van der Waals surface area contributed by atoms with E-state index < -0.39 is 0 Å². The van der Waals surface area contributed by atoms with E-state index in [-0.39, 0.29) is 0 Å². The molecule has 0 N–H and O–H groups in total. The Bertz CT molecular complexity index is 299. The molecule has 1 atom stereocenters. The Kier molecular flexibility index (Phi) is 17.4. The van der Waals surface area contributed by atoms with E-state index in [2.05, 4.69) is 20.8 Å². The topological polar surface area (TPSA) is 12.5 Å². The van der Waals surface area contributed by atoms with Gasteiger partial charge in [0.05, 0.1) is 26.2 Å². The van der Waals surface area contributed by atoms with Gasteiger partial charge < -0.3 is 9.22 Å². The quantitative estimate of drug-likeness (QED) is 0.0937. The molecular formula is C27H56NO+. The van der Waals surface area contributed by atoms with Crippen LogP contribution in [-0.2, 0) is 4.74 Å². The smallest absolute Gasteiger partial charge is 0.130 e. The number of epoxide rings is 1. The third kappa shape index (κ3) is 15.4. The van der Waals surface area contributed by atoms with E-state index in [4.69, 9.17) is 4.74 Å². The van der Waals surface area contributed by atoms with Gasteiger partial charge in [0, 0.05) is 0 Å². The summed E-state index contributed by atoms with van der Waals surface area (Å²) < 4.78 is 7.10. The molecule has 2 heteroatoms. The van der Waals surface area contributed by atoms with Gasteiger partial charge in [0.25, 0.3) is 0 Å². The van der Waals surface area contributed by atoms with Crippen molar-refractivity contribution in [2.45, 2.75) is 142 Å². The Labute approximate surface area is 184 Å². The third-order valence-electron chi connectivity index (χ3n) is 6.95. The summed E-state index contributed by atoms with van der Waals surface area (Å²) in [5.41, 5.74) is 0. The molecular weight excluding hydrogens is 354 g/mol. The Balaban J connectivity index is 2.44. The minimum atomic E-state index is 0.579. The summed E-state index contributed by atoms with van der Waals surface area (Å²) in [4.78, 5) is 0. The van der Waals surface area contributed by atoms with Gasteiger partial charge in [-0.25, -0.2) is 0 Å². The van der Waals surface area contributed by atoms with Crippen molar-refractivity contribution >= 4 is 0 Å². The van der Waals surface area contributed by atoms with Crippen LogP contribution < -0.4 is 0 Å². The van der Waals surface area contributed by atoms with Crippen molar-refractivity contribution in [3.05, 3.63) is 0 Å². The minimum Gasteiger partial charge on any atom is -0.367 e. The number of quaternary nitrogens is 1. The van der Waals surface area contributed by atoms with Crippen molar-refractivity contribution in [1.29, 1.82) is 0 Å². The van der Waals surface area contributed by atoms with Gasteiger partial charge in [-0.3, -0.25) is 0 Å². The molecule has 0 aromatic carbocycles. The molecule has 1 unspecified atom stereocenters. The lowest BCUT2D eigenvalue weighted by atomic mass is 10.1. The fraction of sp³-hybridized carbons (Fsp3) is 1.00. The molecule has 0 aliphatic carbocycles. The van der Waals surface area contributed by atoms with Crippen LogP contribution in [0.15, 0.2) is 0 Å². The highest BCUT2D eigenvalue weighted by Crippen LogP contribution is 2.23. The molecule has 0 aromatic rings. The summed E-state index contributed by atoms with van der Waals surface area (Å²) in [5, 5.41) is 0. The van der Waals surface area contributed by atoms with Crippen LogP contribution in [0.5, 0.6) is 0 Å². The van der Waals surface area contributed by atoms with Gasteiger partial charge in [0.2, 0.25) is 0 Å². The van der Waals surface area contributed by atoms with Crippen molar-refractivity contribution < 1.29 is 9.22 Å². The first-order valence-corrected chi connectivity index (χ1v) is 13.7. The van der Waals surface area contributed by atoms with Crippen LogP contribution in [0.1, 0.15) is 136 Å². The van der Waals surface area contributed by atoms with Crippen LogP contribution in [0.25, 0.3) is 0 Å². The first-order chi connectivity index (χ1) is 14.3. The molecule has 0 saturated carbocycles. The molecule has 2 nitrogen and oxygen atoms in total. The van der Waals surface area contributed by atoms with E-state index in [0.717, 1.165) is 6.61 Å². The highest BCUT2D eigenvalue weighted by Gasteiger charge is 2.36. The first-order valence-electron chi connectivity index (χ1n) is 13.7. The van der Waals surface area contributed by atoms with Crippen LogP contribution in [0.2, 0.25) is 0 Å². The Hall–Kier alpha value is -0.0800. The number of hydrogen-bond donors (Lipinski definition) is 0. The van der Waals surface area contributed by atoms with E-state index in [9.17, 15) is 0 Å². The number of rotatable bonds is 23. The van der Waals surface area contributed by atoms with Gasteiger partial charge >= 0.3 is 0 Å². The molecule has 1 fully saturated rings. The normalized spacial score (nSPS) is 16.4. The molecule has 0 amide bonds. The number of unbranched alkanes of at least 4 members (excludes halogenated alkanes) is 15. The van der Waals surface area contributed by atoms with E-state index in [1.165, 1.54) is 146 Å². The summed E-state index contributed by atoms with van der Waals surface area (Å²) in [6.45, 7) is 13.5. The maximum atomic E-state index is 5.73. The van der Waals surface area contributed by atoms with Crippen LogP contribution >= 0.6 is 0 Å². The van der Waals surface area contributed by atoms with Gasteiger partial charge in [-0.15, -0.1) is 0 Å². The monoisotopic (exact) mass is 410 g/mol. The Morgan fingerprint density at radius 1 is 0.517 bits per heavy atom. The third-order valence-corrected chi connectivity index (χ3v) is 6.95. The van der Waals surface area contributed by atoms with Crippen LogP contribution in [0.3, 0.4) is 0 Å². The van der Waals surface area contributed by atoms with E-state index >= 15 is 0 Å². The lowest BCUT2D eigenvalue weighted by molar-refractivity contribution is -0.929. The molecule has 0 bridgehead atoms. The molecule has 29 heavy (non-hydrogen) atoms. The Morgan fingerprint density at radius 3 is 1.14 bits per heavy atom. The van der Waals surface area contributed by atoms with Crippen LogP contribution in [0, 0.1) is 0 Å². The molecule has 0 aromatic heterocycles. The fourth-order valence-corrected chi connectivity index (χ4v) is 4.90. The van der Waals surface area contributed by atoms with E-state index in [0.29, 0.717) is 6.10 Å². The minimum absolute atomic E-state index is 0.579. The summed E-state index contributed by atoms with van der Waals surface area (Å²) in [5.74, 6) is 0. The second-order valence-corrected chi connectivity index (χ2v) is 9.95. The molecule has 1 saturated heterocycles. The summed E-state index contributed by atoms with van der Waals surface area (Å²) in [7, 11) is 0. The van der Waals surface area contributed by atoms with Crippen molar-refractivity contribution in [2.24, 2.45) is 0 Å². The fourth-order valence-electron chi connectivity index (χ4n) is 4.90. The zero-order chi connectivity index (χ0) is 21.0. The highest BCUT2D eigenvalue weighted by molar-refractivity contribution is 4.69. The molecule has 1 heterocycles. The van der Waals surface area contributed by atoms with E-state index in [1.54, 1.807) is 0 Å². The number of nitrogens with zero attached hydrogens (tertiary/aromatic N) is 1. The lowest BCUT2D eigenvalue weighted by Gasteiger charge is -2.39. The predicted octanol–water partition coefficient (Wildman–Crippen LogP) is 8.28. The number of ether oxygens (including phenoxy) is 1. The van der Waals surface area contributed by atoms with Gasteiger partial charge in [0.1, 0.15) is 12.6 Å². The molecule has 174 valence electrons. The average molecular weight is 411 g/mol. The average Bonchev–Trinajstić information content (AvgIpc) is 3.54. The molecule has 1 aliphatic rings. The zero-order valence-electron chi connectivity index (χ0n) is 20.7. The SMILES string of the molecule is CCCCCCCC[N+](CCCCCCCC)(CCCCCCCC)CC1CO1. The van der Waals surface area contributed by atoms with Crippen molar-refractivity contribution in [1.82, 2.24) is 0 Å². The van der Waals surface area contributed by atoms with Crippen molar-refractivity contribution in [3.8, 4) is 0 Å². The van der Waals surface area contributed by atoms with Crippen molar-refractivity contribution in [2.75, 3.05) is 32.8 Å². The molecule has 1 aliphatic heterocycles. The number of hydrogen-bond acceptors (Lipinski definition) is 1. The van der Waals surface area contributed by atoms with Gasteiger partial charge in [0.15, 0.2) is 0 Å². The summed E-state index contributed by atoms with van der Waals surface area (Å²) in [6.07, 6.45) is 26.2. The lowest BCUT2D eigenvalue weighted by Crippen LogP contribution is -2.52. The Morgan fingerprint density at radius 2 is 0.828 bits per heavy atom. The van der Waals surface area contributed by atoms with Crippen molar-refractivity contribution in [3.63, 3.8) is 0 Å². The standard InChI is InChI=1S/C27H56NO/c1-4-7-10-13-16-19-22-28(25-27-26-29-27,23-20-17-14-11-8-5-2)24-21-18-15-12-9-6-3/h27H,4-26H2,1-3H3/q+1. The van der Waals surface area contributed by atoms with E-state index in [1.807, 2.05) is 0 Å². The largest absolute Gasteiger partial charge is 0.367 e. The highest BCUT2D eigenvalue weighted by atomic mass is 16.6. The molecule has 1 rings (SSSR count). The van der Waals surface area contributed by atoms with Crippen LogP contribution in [-0.4, -0.2) is 43.4 Å². The second kappa shape index (κ2) is 18.7. The summed E-state index contributed by atoms with van der Waals surface area (Å²) >= 11 is 0. The first kappa shape index (κ1) is 27.0. The van der Waals surface area contributed by atoms with Gasteiger partial charge in [-0.2, -0.15) is 0 Å². The molecule has 0 radical (unpaired) electrons. The zero-order valence-corrected chi connectivity index (χ0v) is 20.7. The second-order valence-electron chi connectivity index (χ2n) is 9.95. The summed E-state index contributed by atoms with van der Waals surface area (Å²) in [6, 6.07) is 0. The molecule has 0 spiro atoms. The predicted molar refractivity (Wildman–Crippen MR) is 130 cm³/mol. The maximum Gasteiger partial charge on any atom is 0.130 e. The maximum absolute atomic E-state index is 5.73. The van der Waals surface area contributed by atoms with Crippen LogP contribution in [0.4, 0.5) is 0 Å². The van der Waals surface area contributed by atoms with Gasteiger partial charge in [-0.05, 0) is 38.5 Å². The van der Waals surface area contributed by atoms with Gasteiger partial charge in [-0.1, -0.05) is 97.8 Å².